The highest BCUT2D eigenvalue weighted by Crippen LogP contribution is 2.39. The number of β-amino-alcohol motifs (C(OH)–C–C–N with tert-alkyl or cyclic N) is 1. The van der Waals surface area contributed by atoms with E-state index in [4.69, 9.17) is 0 Å². The fourth-order valence-electron chi connectivity index (χ4n) is 3.37. The zero-order valence-corrected chi connectivity index (χ0v) is 16.0. The van der Waals surface area contributed by atoms with Gasteiger partial charge in [0.1, 0.15) is 5.76 Å². The Morgan fingerprint density at radius 2 is 1.69 bits per heavy atom. The lowest BCUT2D eigenvalue weighted by molar-refractivity contribution is -0.140. The molecule has 2 aromatic rings. The maximum atomic E-state index is 12.8. The van der Waals surface area contributed by atoms with E-state index in [9.17, 15) is 24.6 Å². The van der Waals surface area contributed by atoms with Crippen molar-refractivity contribution in [3.05, 3.63) is 76.9 Å². The van der Waals surface area contributed by atoms with Crippen molar-refractivity contribution < 1.29 is 29.3 Å². The van der Waals surface area contributed by atoms with Crippen LogP contribution in [0.2, 0.25) is 0 Å². The minimum absolute atomic E-state index is 0.0623. The Labute approximate surface area is 167 Å². The molecule has 2 atom stereocenters. The highest BCUT2D eigenvalue weighted by Gasteiger charge is 2.46. The molecule has 7 heteroatoms. The summed E-state index contributed by atoms with van der Waals surface area (Å²) in [6.07, 6.45) is -0.873. The molecule has 1 amide bonds. The lowest BCUT2D eigenvalue weighted by atomic mass is 9.94. The average molecular weight is 395 g/mol. The summed E-state index contributed by atoms with van der Waals surface area (Å²) in [6, 6.07) is 13.8. The number of ether oxygens (including phenoxy) is 1. The first-order valence-corrected chi connectivity index (χ1v) is 9.05. The molecule has 1 heterocycles. The monoisotopic (exact) mass is 395 g/mol. The Hall–Kier alpha value is -3.45. The van der Waals surface area contributed by atoms with E-state index >= 15 is 0 Å². The number of carbonyl (C=O) groups is 3. The molecule has 2 N–H and O–H groups in total. The Morgan fingerprint density at radius 1 is 1.07 bits per heavy atom. The first-order valence-electron chi connectivity index (χ1n) is 9.05. The van der Waals surface area contributed by atoms with Gasteiger partial charge >= 0.3 is 5.97 Å². The van der Waals surface area contributed by atoms with Gasteiger partial charge in [0.05, 0.1) is 30.4 Å². The lowest BCUT2D eigenvalue weighted by Gasteiger charge is -2.26. The van der Waals surface area contributed by atoms with E-state index in [2.05, 4.69) is 4.74 Å². The third-order valence-corrected chi connectivity index (χ3v) is 4.70. The summed E-state index contributed by atoms with van der Waals surface area (Å²) < 4.78 is 4.69. The second-order valence-corrected chi connectivity index (χ2v) is 6.78. The first-order chi connectivity index (χ1) is 13.8. The number of aliphatic hydroxyl groups is 2. The maximum absolute atomic E-state index is 12.8. The molecular formula is C22H21NO6. The van der Waals surface area contributed by atoms with Crippen LogP contribution in [-0.4, -0.2) is 52.5 Å². The Balaban J connectivity index is 2.14. The van der Waals surface area contributed by atoms with Gasteiger partial charge in [-0.15, -0.1) is 0 Å². The molecule has 0 aromatic heterocycles. The van der Waals surface area contributed by atoms with Gasteiger partial charge in [0.2, 0.25) is 0 Å². The molecule has 1 saturated heterocycles. The van der Waals surface area contributed by atoms with Crippen molar-refractivity contribution in [1.29, 1.82) is 0 Å². The molecule has 0 spiro atoms. The predicted molar refractivity (Wildman–Crippen MR) is 105 cm³/mol. The van der Waals surface area contributed by atoms with Gasteiger partial charge in [-0.25, -0.2) is 4.79 Å². The fourth-order valence-corrected chi connectivity index (χ4v) is 3.37. The van der Waals surface area contributed by atoms with Crippen molar-refractivity contribution in [2.45, 2.75) is 19.1 Å². The van der Waals surface area contributed by atoms with Crippen molar-refractivity contribution in [3.63, 3.8) is 0 Å². The molecule has 0 bridgehead atoms. The zero-order chi connectivity index (χ0) is 21.1. The zero-order valence-electron chi connectivity index (χ0n) is 16.0. The number of hydrogen-bond donors (Lipinski definition) is 2. The van der Waals surface area contributed by atoms with Crippen LogP contribution in [0.3, 0.4) is 0 Å². The standard InChI is InChI=1S/C22H21NO6/c1-13(24)12-23-18(14-8-10-16(11-9-14)22(28)29-2)17(20(26)21(23)27)19(25)15-6-4-3-5-7-15/h3-11,13,18,24-25H,12H2,1-2H3. The van der Waals surface area contributed by atoms with Crippen LogP contribution in [0.25, 0.3) is 5.76 Å². The van der Waals surface area contributed by atoms with Gasteiger partial charge in [0.25, 0.3) is 11.7 Å². The van der Waals surface area contributed by atoms with E-state index in [1.807, 2.05) is 0 Å². The van der Waals surface area contributed by atoms with Crippen LogP contribution in [0.1, 0.15) is 34.5 Å². The molecular weight excluding hydrogens is 374 g/mol. The molecule has 1 fully saturated rings. The van der Waals surface area contributed by atoms with Gasteiger partial charge in [-0.05, 0) is 24.6 Å². The summed E-state index contributed by atoms with van der Waals surface area (Å²) in [4.78, 5) is 38.3. The van der Waals surface area contributed by atoms with Crippen molar-refractivity contribution in [1.82, 2.24) is 4.90 Å². The van der Waals surface area contributed by atoms with Crippen LogP contribution < -0.4 is 0 Å². The minimum Gasteiger partial charge on any atom is -0.507 e. The molecule has 0 saturated carbocycles. The molecule has 0 radical (unpaired) electrons. The molecule has 7 nitrogen and oxygen atoms in total. The first kappa shape index (κ1) is 20.3. The molecule has 0 aliphatic carbocycles. The number of esters is 1. The topological polar surface area (TPSA) is 104 Å². The van der Waals surface area contributed by atoms with Crippen LogP contribution >= 0.6 is 0 Å². The number of methoxy groups -OCH3 is 1. The van der Waals surface area contributed by atoms with Crippen LogP contribution in [-0.2, 0) is 14.3 Å². The van der Waals surface area contributed by atoms with E-state index < -0.39 is 29.8 Å². The third kappa shape index (κ3) is 3.90. The minimum atomic E-state index is -0.892. The number of amides is 1. The molecule has 1 aliphatic heterocycles. The normalized spacial score (nSPS) is 19.3. The fraction of sp³-hybridized carbons (Fsp3) is 0.227. The summed E-state index contributed by atoms with van der Waals surface area (Å²) >= 11 is 0. The van der Waals surface area contributed by atoms with Crippen LogP contribution in [0, 0.1) is 0 Å². The molecule has 150 valence electrons. The molecule has 29 heavy (non-hydrogen) atoms. The second kappa shape index (κ2) is 8.28. The second-order valence-electron chi connectivity index (χ2n) is 6.78. The SMILES string of the molecule is COC(=O)c1ccc(C2C(=C(O)c3ccccc3)C(=O)C(=O)N2CC(C)O)cc1. The number of carbonyl (C=O) groups excluding carboxylic acids is 3. The van der Waals surface area contributed by atoms with Gasteiger partial charge in [0, 0.05) is 12.1 Å². The number of ketones is 1. The van der Waals surface area contributed by atoms with Crippen LogP contribution in [0.15, 0.2) is 60.2 Å². The van der Waals surface area contributed by atoms with Gasteiger partial charge in [-0.1, -0.05) is 42.5 Å². The van der Waals surface area contributed by atoms with Crippen molar-refractivity contribution in [2.75, 3.05) is 13.7 Å². The van der Waals surface area contributed by atoms with E-state index in [0.29, 0.717) is 16.7 Å². The summed E-state index contributed by atoms with van der Waals surface area (Å²) in [5.41, 5.74) is 1.17. The van der Waals surface area contributed by atoms with Gasteiger partial charge < -0.3 is 19.8 Å². The van der Waals surface area contributed by atoms with Crippen molar-refractivity contribution >= 4 is 23.4 Å². The third-order valence-electron chi connectivity index (χ3n) is 4.70. The summed E-state index contributed by atoms with van der Waals surface area (Å²) in [6.45, 7) is 1.42. The van der Waals surface area contributed by atoms with Gasteiger partial charge in [-0.3, -0.25) is 9.59 Å². The van der Waals surface area contributed by atoms with E-state index in [-0.39, 0.29) is 17.9 Å². The summed E-state index contributed by atoms with van der Waals surface area (Å²) in [5.74, 6) is -2.43. The highest BCUT2D eigenvalue weighted by atomic mass is 16.5. The number of hydrogen-bond acceptors (Lipinski definition) is 6. The van der Waals surface area contributed by atoms with E-state index in [1.54, 1.807) is 42.5 Å². The molecule has 3 rings (SSSR count). The number of Topliss-reactive ketones (excluding diaryl/α,β-unsaturated/α-hetero) is 1. The Kier molecular flexibility index (Phi) is 5.79. The van der Waals surface area contributed by atoms with Crippen molar-refractivity contribution in [3.8, 4) is 0 Å². The number of rotatable bonds is 5. The summed E-state index contributed by atoms with van der Waals surface area (Å²) in [7, 11) is 1.27. The molecule has 2 aromatic carbocycles. The Morgan fingerprint density at radius 3 is 2.24 bits per heavy atom. The van der Waals surface area contributed by atoms with Crippen LogP contribution in [0.4, 0.5) is 0 Å². The Bertz CT molecular complexity index is 963. The maximum Gasteiger partial charge on any atom is 0.337 e. The quantitative estimate of drug-likeness (QED) is 0.348. The average Bonchev–Trinajstić information content (AvgIpc) is 2.98. The van der Waals surface area contributed by atoms with Crippen LogP contribution in [0.5, 0.6) is 0 Å². The van der Waals surface area contributed by atoms with E-state index in [0.717, 1.165) is 0 Å². The summed E-state index contributed by atoms with van der Waals surface area (Å²) in [5, 5.41) is 20.6. The number of aliphatic hydroxyl groups excluding tert-OH is 2. The van der Waals surface area contributed by atoms with Crippen molar-refractivity contribution in [2.24, 2.45) is 0 Å². The number of likely N-dealkylation sites (tertiary alicyclic amines) is 1. The lowest BCUT2D eigenvalue weighted by Crippen LogP contribution is -2.35. The smallest absolute Gasteiger partial charge is 0.337 e. The largest absolute Gasteiger partial charge is 0.507 e. The predicted octanol–water partition coefficient (Wildman–Crippen LogP) is 2.28. The number of benzene rings is 2. The molecule has 2 unspecified atom stereocenters. The van der Waals surface area contributed by atoms with Gasteiger partial charge in [0.15, 0.2) is 0 Å². The van der Waals surface area contributed by atoms with Gasteiger partial charge in [-0.2, -0.15) is 0 Å². The highest BCUT2D eigenvalue weighted by molar-refractivity contribution is 6.46. The molecule has 1 aliphatic rings. The number of nitrogens with zero attached hydrogens (tertiary/aromatic N) is 1. The van der Waals surface area contributed by atoms with E-state index in [1.165, 1.54) is 31.1 Å².